The third kappa shape index (κ3) is 6.82. The number of aromatic nitrogens is 2. The molecule has 0 saturated carbocycles. The number of benzene rings is 1. The lowest BCUT2D eigenvalue weighted by Crippen LogP contribution is -2.28. The van der Waals surface area contributed by atoms with Gasteiger partial charge in [-0.2, -0.15) is 8.42 Å². The summed E-state index contributed by atoms with van der Waals surface area (Å²) in [6.45, 7) is 0.0972. The van der Waals surface area contributed by atoms with Crippen molar-refractivity contribution in [2.75, 3.05) is 17.8 Å². The molecule has 1 aliphatic heterocycles. The van der Waals surface area contributed by atoms with Gasteiger partial charge < -0.3 is 31.2 Å². The number of carboxylic acid groups (broad SMARTS) is 1. The highest BCUT2D eigenvalue weighted by Gasteiger charge is 2.18. The lowest BCUT2D eigenvalue weighted by molar-refractivity contribution is -0.136. The summed E-state index contributed by atoms with van der Waals surface area (Å²) < 4.78 is 31.8. The molecule has 3 aromatic rings. The maximum absolute atomic E-state index is 12.4. The SMILES string of the molecule is NCS(=O)(=O)O.O=C(O)Cc1csc2nc(C(=O)NCc3ccc4c(c3)NC(=O)CO4)[nH]c(=O)c12. The summed E-state index contributed by atoms with van der Waals surface area (Å²) in [4.78, 5) is 53.9. The molecule has 0 aliphatic carbocycles. The van der Waals surface area contributed by atoms with Crippen molar-refractivity contribution < 1.29 is 37.2 Å². The van der Waals surface area contributed by atoms with E-state index in [0.717, 1.165) is 11.3 Å². The fraction of sp³-hybridized carbons (Fsp3) is 0.211. The number of hydrogen-bond acceptors (Lipinski definition) is 10. The zero-order chi connectivity index (χ0) is 25.8. The van der Waals surface area contributed by atoms with Gasteiger partial charge in [0.2, 0.25) is 5.82 Å². The van der Waals surface area contributed by atoms with Crippen LogP contribution in [0.5, 0.6) is 5.75 Å². The number of carbonyl (C=O) groups is 3. The molecule has 3 heterocycles. The van der Waals surface area contributed by atoms with Crippen molar-refractivity contribution in [1.82, 2.24) is 15.3 Å². The fourth-order valence-electron chi connectivity index (χ4n) is 2.91. The van der Waals surface area contributed by atoms with E-state index >= 15 is 0 Å². The number of fused-ring (bicyclic) bond motifs is 2. The fourth-order valence-corrected chi connectivity index (χ4v) is 3.85. The number of aromatic amines is 1. The van der Waals surface area contributed by atoms with Crippen molar-refractivity contribution in [3.05, 3.63) is 50.9 Å². The zero-order valence-electron chi connectivity index (χ0n) is 17.7. The van der Waals surface area contributed by atoms with Crippen molar-refractivity contribution >= 4 is 55.1 Å². The van der Waals surface area contributed by atoms with E-state index in [1.807, 2.05) is 0 Å². The van der Waals surface area contributed by atoms with Gasteiger partial charge in [0.15, 0.2) is 6.61 Å². The second-order valence-corrected chi connectivity index (χ2v) is 9.38. The predicted molar refractivity (Wildman–Crippen MR) is 124 cm³/mol. The van der Waals surface area contributed by atoms with Crippen LogP contribution in [0.3, 0.4) is 0 Å². The topological polar surface area (TPSA) is 231 Å². The first kappa shape index (κ1) is 25.8. The number of amides is 2. The number of thiophene rings is 1. The average molecular weight is 526 g/mol. The summed E-state index contributed by atoms with van der Waals surface area (Å²) in [6, 6.07) is 5.12. The molecule has 186 valence electrons. The Labute approximate surface area is 200 Å². The molecule has 2 aromatic heterocycles. The van der Waals surface area contributed by atoms with Gasteiger partial charge in [0.05, 0.1) is 17.5 Å². The van der Waals surface area contributed by atoms with E-state index in [9.17, 15) is 27.6 Å². The van der Waals surface area contributed by atoms with Gasteiger partial charge >= 0.3 is 5.97 Å². The minimum absolute atomic E-state index is 0.0402. The van der Waals surface area contributed by atoms with Crippen LogP contribution in [0.1, 0.15) is 21.7 Å². The summed E-state index contributed by atoms with van der Waals surface area (Å²) in [7, 11) is -3.88. The largest absolute Gasteiger partial charge is 0.482 e. The molecule has 4 rings (SSSR count). The van der Waals surface area contributed by atoms with Crippen LogP contribution >= 0.6 is 11.3 Å². The number of anilines is 1. The van der Waals surface area contributed by atoms with Crippen LogP contribution in [0.15, 0.2) is 28.4 Å². The van der Waals surface area contributed by atoms with Gasteiger partial charge in [0.25, 0.3) is 27.5 Å². The number of aliphatic carboxylic acids is 1. The van der Waals surface area contributed by atoms with E-state index in [2.05, 4.69) is 26.3 Å². The van der Waals surface area contributed by atoms with Gasteiger partial charge in [-0.15, -0.1) is 11.3 Å². The van der Waals surface area contributed by atoms with Gasteiger partial charge in [0, 0.05) is 6.54 Å². The van der Waals surface area contributed by atoms with Crippen molar-refractivity contribution in [2.24, 2.45) is 5.73 Å². The van der Waals surface area contributed by atoms with E-state index < -0.39 is 33.4 Å². The van der Waals surface area contributed by atoms with Crippen LogP contribution in [-0.2, 0) is 32.7 Å². The van der Waals surface area contributed by atoms with Crippen molar-refractivity contribution in [2.45, 2.75) is 13.0 Å². The standard InChI is InChI=1S/C18H14N4O6S.CH5NO3S/c23-12-6-28-11-2-1-8(3-10(11)20-12)5-19-17(27)15-21-16(26)14-9(4-13(24)25)7-29-18(14)22-15;2-1-6(3,4)5/h1-3,7H,4-6H2,(H,19,27)(H,20,23)(H,24,25)(H,21,22,26);1-2H2,(H,3,4,5). The smallest absolute Gasteiger partial charge is 0.307 e. The van der Waals surface area contributed by atoms with Gasteiger partial charge in [-0.05, 0) is 28.6 Å². The Morgan fingerprint density at radius 2 is 2.00 bits per heavy atom. The number of carbonyl (C=O) groups excluding carboxylic acids is 2. The maximum atomic E-state index is 12.4. The molecule has 0 unspecified atom stereocenters. The Morgan fingerprint density at radius 3 is 2.66 bits per heavy atom. The maximum Gasteiger partial charge on any atom is 0.307 e. The molecule has 0 radical (unpaired) electrons. The number of nitrogens with one attached hydrogen (secondary N) is 3. The molecule has 1 aliphatic rings. The quantitative estimate of drug-likeness (QED) is 0.228. The summed E-state index contributed by atoms with van der Waals surface area (Å²) in [5.74, 6) is -2.22. The lowest BCUT2D eigenvalue weighted by Gasteiger charge is -2.18. The third-order valence-electron chi connectivity index (χ3n) is 4.42. The monoisotopic (exact) mass is 525 g/mol. The molecule has 16 heteroatoms. The molecule has 0 atom stereocenters. The Bertz CT molecular complexity index is 1460. The molecule has 14 nitrogen and oxygen atoms in total. The summed E-state index contributed by atoms with van der Waals surface area (Å²) >= 11 is 1.10. The van der Waals surface area contributed by atoms with E-state index in [4.69, 9.17) is 14.4 Å². The van der Waals surface area contributed by atoms with Crippen molar-refractivity contribution in [3.8, 4) is 5.75 Å². The van der Waals surface area contributed by atoms with Crippen LogP contribution in [0.2, 0.25) is 0 Å². The highest BCUT2D eigenvalue weighted by molar-refractivity contribution is 7.85. The van der Waals surface area contributed by atoms with E-state index in [1.165, 1.54) is 0 Å². The molecule has 35 heavy (non-hydrogen) atoms. The third-order valence-corrected chi connectivity index (χ3v) is 5.76. The summed E-state index contributed by atoms with van der Waals surface area (Å²) in [5.41, 5.74) is 5.49. The van der Waals surface area contributed by atoms with Crippen LogP contribution in [0.4, 0.5) is 5.69 Å². The molecular formula is C19H19N5O9S2. The molecule has 7 N–H and O–H groups in total. The Morgan fingerprint density at radius 1 is 1.29 bits per heavy atom. The number of rotatable bonds is 6. The number of H-pyrrole nitrogens is 1. The molecule has 0 spiro atoms. The minimum atomic E-state index is -3.88. The average Bonchev–Trinajstić information content (AvgIpc) is 3.19. The number of nitrogens with zero attached hydrogens (tertiary/aromatic N) is 1. The number of hydrogen-bond donors (Lipinski definition) is 6. The van der Waals surface area contributed by atoms with Crippen LogP contribution in [0, 0.1) is 0 Å². The number of ether oxygens (including phenoxy) is 1. The zero-order valence-corrected chi connectivity index (χ0v) is 19.4. The minimum Gasteiger partial charge on any atom is -0.482 e. The van der Waals surface area contributed by atoms with Crippen molar-refractivity contribution in [3.63, 3.8) is 0 Å². The molecule has 0 fully saturated rings. The second-order valence-electron chi connectivity index (χ2n) is 7.02. The van der Waals surface area contributed by atoms with E-state index in [-0.39, 0.29) is 36.7 Å². The summed E-state index contributed by atoms with van der Waals surface area (Å²) in [6.07, 6.45) is -0.297. The van der Waals surface area contributed by atoms with Gasteiger partial charge in [-0.1, -0.05) is 6.07 Å². The first-order chi connectivity index (χ1) is 16.5. The molecule has 0 bridgehead atoms. The molecular weight excluding hydrogens is 506 g/mol. The Balaban J connectivity index is 0.000000509. The first-order valence-corrected chi connectivity index (χ1v) is 12.2. The van der Waals surface area contributed by atoms with Crippen molar-refractivity contribution in [1.29, 1.82) is 0 Å². The first-order valence-electron chi connectivity index (χ1n) is 9.68. The highest BCUT2D eigenvalue weighted by atomic mass is 32.2. The predicted octanol–water partition coefficient (Wildman–Crippen LogP) is -0.337. The number of nitrogens with two attached hydrogens (primary N) is 1. The normalized spacial score (nSPS) is 12.6. The van der Waals surface area contributed by atoms with Crippen LogP contribution in [0.25, 0.3) is 10.2 Å². The number of carboxylic acids is 1. The van der Waals surface area contributed by atoms with E-state index in [1.54, 1.807) is 23.6 Å². The van der Waals surface area contributed by atoms with Gasteiger partial charge in [-0.25, -0.2) is 4.98 Å². The second kappa shape index (κ2) is 10.6. The molecule has 0 saturated heterocycles. The van der Waals surface area contributed by atoms with Gasteiger partial charge in [0.1, 0.15) is 16.5 Å². The van der Waals surface area contributed by atoms with E-state index in [0.29, 0.717) is 27.4 Å². The Kier molecular flexibility index (Phi) is 7.80. The highest BCUT2D eigenvalue weighted by Crippen LogP contribution is 2.28. The Hall–Kier alpha value is -3.86. The van der Waals surface area contributed by atoms with Crippen LogP contribution < -0.4 is 26.7 Å². The summed E-state index contributed by atoms with van der Waals surface area (Å²) in [5, 5.41) is 16.0. The van der Waals surface area contributed by atoms with Gasteiger partial charge in [-0.3, -0.25) is 23.7 Å². The lowest BCUT2D eigenvalue weighted by atomic mass is 10.1. The van der Waals surface area contributed by atoms with Crippen LogP contribution in [-0.4, -0.2) is 58.3 Å². The molecule has 2 amide bonds. The molecule has 1 aromatic carbocycles.